The van der Waals surface area contributed by atoms with Gasteiger partial charge in [0.1, 0.15) is 0 Å². The number of rotatable bonds is 4. The number of hydrogen-bond donors (Lipinski definition) is 1. The molecule has 2 aromatic carbocycles. The van der Waals surface area contributed by atoms with Crippen LogP contribution in [0.3, 0.4) is 0 Å². The van der Waals surface area contributed by atoms with E-state index in [0.29, 0.717) is 18.8 Å². The third-order valence-corrected chi connectivity index (χ3v) is 6.83. The van der Waals surface area contributed by atoms with Crippen molar-refractivity contribution in [2.75, 3.05) is 10.2 Å². The highest BCUT2D eigenvalue weighted by atomic mass is 32.2. The Hall–Kier alpha value is -2.80. The number of imidazole rings is 1. The highest BCUT2D eigenvalue weighted by molar-refractivity contribution is 8.02. The quantitative estimate of drug-likeness (QED) is 0.728. The number of para-hydroxylation sites is 3. The number of carbonyl (C=O) groups excluding carboxylic acids is 2. The van der Waals surface area contributed by atoms with Crippen molar-refractivity contribution in [3.8, 4) is 0 Å². The van der Waals surface area contributed by atoms with Crippen LogP contribution < -0.4 is 10.2 Å². The average Bonchev–Trinajstić information content (AvgIpc) is 3.33. The molecule has 1 saturated heterocycles. The first-order valence-corrected chi connectivity index (χ1v) is 10.3. The Bertz CT molecular complexity index is 1110. The molecule has 3 aromatic rings. The lowest BCUT2D eigenvalue weighted by molar-refractivity contribution is -0.121. The molecule has 1 fully saturated rings. The van der Waals surface area contributed by atoms with Crippen molar-refractivity contribution in [1.29, 1.82) is 0 Å². The van der Waals surface area contributed by atoms with E-state index in [0.717, 1.165) is 34.6 Å². The summed E-state index contributed by atoms with van der Waals surface area (Å²) in [6.07, 6.45) is 1.80. The van der Waals surface area contributed by atoms with Crippen molar-refractivity contribution in [2.24, 2.45) is 0 Å². The van der Waals surface area contributed by atoms with E-state index in [1.54, 1.807) is 4.90 Å². The minimum Gasteiger partial charge on any atom is -0.310 e. The van der Waals surface area contributed by atoms with E-state index in [4.69, 9.17) is 0 Å². The normalized spacial score (nSPS) is 20.5. The fourth-order valence-electron chi connectivity index (χ4n) is 4.12. The van der Waals surface area contributed by atoms with E-state index in [1.165, 1.54) is 11.8 Å². The van der Waals surface area contributed by atoms with Crippen molar-refractivity contribution in [3.05, 3.63) is 48.5 Å². The van der Waals surface area contributed by atoms with E-state index in [1.807, 2.05) is 53.1 Å². The molecule has 7 heteroatoms. The first kappa shape index (κ1) is 17.3. The van der Waals surface area contributed by atoms with Crippen LogP contribution in [0.5, 0.6) is 0 Å². The molecule has 3 heterocycles. The number of carbonyl (C=O) groups is 2. The zero-order valence-corrected chi connectivity index (χ0v) is 16.3. The summed E-state index contributed by atoms with van der Waals surface area (Å²) in [5.41, 5.74) is 2.68. The number of benzene rings is 2. The average molecular weight is 392 g/mol. The second-order valence-corrected chi connectivity index (χ2v) is 8.43. The van der Waals surface area contributed by atoms with Crippen LogP contribution >= 0.6 is 11.8 Å². The molecule has 28 heavy (non-hydrogen) atoms. The molecule has 2 aliphatic rings. The predicted molar refractivity (Wildman–Crippen MR) is 110 cm³/mol. The van der Waals surface area contributed by atoms with Gasteiger partial charge in [0, 0.05) is 17.9 Å². The number of nitrogens with one attached hydrogen (secondary N) is 1. The van der Waals surface area contributed by atoms with Gasteiger partial charge in [0.05, 0.1) is 16.7 Å². The van der Waals surface area contributed by atoms with E-state index >= 15 is 0 Å². The number of hydrogen-bond acceptors (Lipinski definition) is 4. The van der Waals surface area contributed by atoms with Crippen LogP contribution in [0.1, 0.15) is 26.2 Å². The van der Waals surface area contributed by atoms with Crippen LogP contribution in [0.4, 0.5) is 11.6 Å². The Morgan fingerprint density at radius 2 is 2.00 bits per heavy atom. The van der Waals surface area contributed by atoms with Crippen LogP contribution in [0, 0.1) is 0 Å². The molecular weight excluding hydrogens is 372 g/mol. The second-order valence-electron chi connectivity index (χ2n) is 7.11. The lowest BCUT2D eigenvalue weighted by atomic mass is 10.2. The summed E-state index contributed by atoms with van der Waals surface area (Å²) in [4.78, 5) is 32.4. The van der Waals surface area contributed by atoms with Gasteiger partial charge in [0.25, 0.3) is 5.91 Å². The predicted octanol–water partition coefficient (Wildman–Crippen LogP) is 4.01. The molecule has 1 N–H and O–H groups in total. The molecule has 1 atom stereocenters. The molecule has 0 saturated carbocycles. The van der Waals surface area contributed by atoms with Crippen LogP contribution in [-0.4, -0.2) is 26.2 Å². The van der Waals surface area contributed by atoms with E-state index < -0.39 is 4.87 Å². The Balaban J connectivity index is 1.54. The van der Waals surface area contributed by atoms with Gasteiger partial charge in [-0.1, -0.05) is 43.0 Å². The second kappa shape index (κ2) is 6.38. The molecule has 2 aliphatic heterocycles. The van der Waals surface area contributed by atoms with Gasteiger partial charge < -0.3 is 4.57 Å². The van der Waals surface area contributed by atoms with Gasteiger partial charge in [-0.3, -0.25) is 19.8 Å². The molecule has 142 valence electrons. The molecule has 0 radical (unpaired) electrons. The molecule has 0 spiro atoms. The van der Waals surface area contributed by atoms with Gasteiger partial charge in [0.15, 0.2) is 4.87 Å². The highest BCUT2D eigenvalue weighted by Crippen LogP contribution is 2.56. The van der Waals surface area contributed by atoms with Gasteiger partial charge >= 0.3 is 0 Å². The smallest absolute Gasteiger partial charge is 0.263 e. The minimum absolute atomic E-state index is 0.00494. The lowest BCUT2D eigenvalue weighted by Crippen LogP contribution is -2.50. The van der Waals surface area contributed by atoms with Crippen molar-refractivity contribution in [1.82, 2.24) is 9.55 Å². The molecule has 0 unspecified atom stereocenters. The summed E-state index contributed by atoms with van der Waals surface area (Å²) in [5.74, 6) is 0.347. The molecule has 2 amide bonds. The summed E-state index contributed by atoms with van der Waals surface area (Å²) in [6, 6.07) is 15.6. The number of nitrogens with zero attached hydrogens (tertiary/aromatic N) is 3. The fourth-order valence-corrected chi connectivity index (χ4v) is 5.53. The fraction of sp³-hybridized carbons (Fsp3) is 0.286. The van der Waals surface area contributed by atoms with Crippen LogP contribution in [-0.2, 0) is 16.1 Å². The van der Waals surface area contributed by atoms with Crippen molar-refractivity contribution in [2.45, 2.75) is 42.5 Å². The van der Waals surface area contributed by atoms with Gasteiger partial charge in [-0.25, -0.2) is 4.98 Å². The zero-order valence-electron chi connectivity index (χ0n) is 15.5. The zero-order chi connectivity index (χ0) is 19.3. The lowest BCUT2D eigenvalue weighted by Gasteiger charge is -2.29. The number of aromatic nitrogens is 2. The molecule has 6 nitrogen and oxygen atoms in total. The molecule has 0 aliphatic carbocycles. The number of aryl methyl sites for hydroxylation is 1. The van der Waals surface area contributed by atoms with Crippen LogP contribution in [0.15, 0.2) is 53.4 Å². The Morgan fingerprint density at radius 1 is 1.21 bits per heavy atom. The van der Waals surface area contributed by atoms with Crippen LogP contribution in [0.2, 0.25) is 0 Å². The van der Waals surface area contributed by atoms with Gasteiger partial charge in [-0.15, -0.1) is 0 Å². The van der Waals surface area contributed by atoms with E-state index in [9.17, 15) is 9.59 Å². The summed E-state index contributed by atoms with van der Waals surface area (Å²) in [5, 5.41) is 3.04. The first-order valence-electron chi connectivity index (χ1n) is 9.52. The summed E-state index contributed by atoms with van der Waals surface area (Å²) in [6.45, 7) is 2.86. The largest absolute Gasteiger partial charge is 0.310 e. The minimum atomic E-state index is -0.935. The molecule has 5 rings (SSSR count). The SMILES string of the molecule is CCCn1c(NC(=O)[C@@]23CCC(=O)N2c2ccccc2S3)nc2ccccc21. The van der Waals surface area contributed by atoms with Gasteiger partial charge in [0.2, 0.25) is 11.9 Å². The van der Waals surface area contributed by atoms with E-state index in [-0.39, 0.29) is 11.8 Å². The van der Waals surface area contributed by atoms with Gasteiger partial charge in [-0.2, -0.15) is 0 Å². The monoisotopic (exact) mass is 392 g/mol. The molecule has 0 bridgehead atoms. The molecule has 1 aromatic heterocycles. The Kier molecular flexibility index (Phi) is 3.94. The maximum absolute atomic E-state index is 13.5. The summed E-state index contributed by atoms with van der Waals surface area (Å²) >= 11 is 1.47. The first-order chi connectivity index (χ1) is 13.6. The summed E-state index contributed by atoms with van der Waals surface area (Å²) < 4.78 is 2.04. The van der Waals surface area contributed by atoms with E-state index in [2.05, 4.69) is 17.2 Å². The van der Waals surface area contributed by atoms with Crippen molar-refractivity contribution < 1.29 is 9.59 Å². The third kappa shape index (κ3) is 2.39. The maximum atomic E-state index is 13.5. The molecular formula is C21H20N4O2S. The Morgan fingerprint density at radius 3 is 2.86 bits per heavy atom. The number of fused-ring (bicyclic) bond motifs is 4. The van der Waals surface area contributed by atoms with Crippen molar-refractivity contribution in [3.63, 3.8) is 0 Å². The van der Waals surface area contributed by atoms with Gasteiger partial charge in [-0.05, 0) is 37.1 Å². The van der Waals surface area contributed by atoms with Crippen LogP contribution in [0.25, 0.3) is 11.0 Å². The van der Waals surface area contributed by atoms with Crippen molar-refractivity contribution >= 4 is 46.2 Å². The number of amides is 2. The Labute approximate surface area is 166 Å². The maximum Gasteiger partial charge on any atom is 0.263 e. The summed E-state index contributed by atoms with van der Waals surface area (Å²) in [7, 11) is 0. The topological polar surface area (TPSA) is 67.2 Å². The third-order valence-electron chi connectivity index (χ3n) is 5.36. The number of thioether (sulfide) groups is 1. The number of anilines is 2. The standard InChI is InChI=1S/C21H20N4O2S/c1-2-13-24-15-8-4-3-7-14(15)22-20(24)23-19(27)21-12-11-18(26)25(21)16-9-5-6-10-17(16)28-21/h3-10H,2,11-13H2,1H3,(H,22,23,27)/t21-/m0/s1. The highest BCUT2D eigenvalue weighted by Gasteiger charge is 2.57.